The highest BCUT2D eigenvalue weighted by Gasteiger charge is 2.23. The molecule has 0 aromatic heterocycles. The molecule has 0 aliphatic carbocycles. The minimum absolute atomic E-state index is 0.0157. The molecule has 1 N–H and O–H groups in total. The summed E-state index contributed by atoms with van der Waals surface area (Å²) in [4.78, 5) is 25.9. The van der Waals surface area contributed by atoms with Crippen LogP contribution in [0.1, 0.15) is 35.7 Å². The number of amides is 2. The summed E-state index contributed by atoms with van der Waals surface area (Å²) in [7, 11) is 0. The second-order valence-corrected chi connectivity index (χ2v) is 5.41. The van der Waals surface area contributed by atoms with Gasteiger partial charge in [0.05, 0.1) is 24.3 Å². The Kier molecular flexibility index (Phi) is 6.12. The molecule has 1 heterocycles. The van der Waals surface area contributed by atoms with Crippen molar-refractivity contribution >= 4 is 11.8 Å². The number of piperidine rings is 1. The molecular formula is C17H21N3O3. The van der Waals surface area contributed by atoms with E-state index in [4.69, 9.17) is 10.00 Å². The van der Waals surface area contributed by atoms with Crippen LogP contribution in [0, 0.1) is 11.3 Å². The lowest BCUT2D eigenvalue weighted by atomic mass is 10.1. The number of nitrogens with one attached hydrogen (secondary N) is 1. The SMILES string of the molecule is CCOC1CCN(C(=O)CNC(=O)c2ccc(C#N)cc2)CC1. The normalized spacial score (nSPS) is 15.0. The average molecular weight is 315 g/mol. The first kappa shape index (κ1) is 17.0. The minimum atomic E-state index is -0.313. The van der Waals surface area contributed by atoms with Crippen molar-refractivity contribution < 1.29 is 14.3 Å². The molecule has 1 aliphatic heterocycles. The molecule has 0 bridgehead atoms. The lowest BCUT2D eigenvalue weighted by Crippen LogP contribution is -2.45. The second-order valence-electron chi connectivity index (χ2n) is 5.41. The van der Waals surface area contributed by atoms with Crippen molar-refractivity contribution in [2.45, 2.75) is 25.9 Å². The van der Waals surface area contributed by atoms with Gasteiger partial charge in [-0.15, -0.1) is 0 Å². The first-order valence-electron chi connectivity index (χ1n) is 7.81. The molecule has 0 radical (unpaired) electrons. The largest absolute Gasteiger partial charge is 0.378 e. The zero-order valence-corrected chi connectivity index (χ0v) is 13.2. The molecule has 1 saturated heterocycles. The van der Waals surface area contributed by atoms with Crippen molar-refractivity contribution in [2.75, 3.05) is 26.2 Å². The Labute approximate surface area is 136 Å². The Hall–Kier alpha value is -2.39. The van der Waals surface area contributed by atoms with E-state index >= 15 is 0 Å². The Bertz CT molecular complexity index is 584. The Morgan fingerprint density at radius 2 is 1.96 bits per heavy atom. The van der Waals surface area contributed by atoms with E-state index in [2.05, 4.69) is 5.32 Å². The standard InChI is InChI=1S/C17H21N3O3/c1-2-23-15-7-9-20(10-8-15)16(21)12-19-17(22)14-5-3-13(11-18)4-6-14/h3-6,15H,2,7-10,12H2,1H3,(H,19,22). The Balaban J connectivity index is 1.78. The van der Waals surface area contributed by atoms with Crippen molar-refractivity contribution in [3.8, 4) is 6.07 Å². The van der Waals surface area contributed by atoms with E-state index in [1.165, 1.54) is 0 Å². The number of carbonyl (C=O) groups excluding carboxylic acids is 2. The van der Waals surface area contributed by atoms with E-state index in [-0.39, 0.29) is 24.5 Å². The summed E-state index contributed by atoms with van der Waals surface area (Å²) < 4.78 is 5.56. The first-order chi connectivity index (χ1) is 11.1. The molecule has 0 unspecified atom stereocenters. The maximum absolute atomic E-state index is 12.1. The second kappa shape index (κ2) is 8.30. The van der Waals surface area contributed by atoms with Crippen LogP contribution in [-0.4, -0.2) is 49.1 Å². The van der Waals surface area contributed by atoms with Gasteiger partial charge in [0.1, 0.15) is 0 Å². The van der Waals surface area contributed by atoms with Gasteiger partial charge in [-0.3, -0.25) is 9.59 Å². The van der Waals surface area contributed by atoms with Crippen molar-refractivity contribution in [3.05, 3.63) is 35.4 Å². The number of nitrogens with zero attached hydrogens (tertiary/aromatic N) is 2. The number of hydrogen-bond acceptors (Lipinski definition) is 4. The van der Waals surface area contributed by atoms with Crippen LogP contribution in [0.4, 0.5) is 0 Å². The summed E-state index contributed by atoms with van der Waals surface area (Å²) in [5, 5.41) is 11.4. The molecule has 6 nitrogen and oxygen atoms in total. The van der Waals surface area contributed by atoms with Crippen LogP contribution >= 0.6 is 0 Å². The molecule has 0 spiro atoms. The summed E-state index contributed by atoms with van der Waals surface area (Å²) in [6.45, 7) is 3.97. The number of likely N-dealkylation sites (tertiary alicyclic amines) is 1. The fourth-order valence-corrected chi connectivity index (χ4v) is 2.57. The molecule has 0 atom stereocenters. The van der Waals surface area contributed by atoms with Crippen LogP contribution in [-0.2, 0) is 9.53 Å². The Morgan fingerprint density at radius 3 is 2.52 bits per heavy atom. The van der Waals surface area contributed by atoms with Gasteiger partial charge in [0.15, 0.2) is 0 Å². The third kappa shape index (κ3) is 4.80. The summed E-state index contributed by atoms with van der Waals surface area (Å²) >= 11 is 0. The van der Waals surface area contributed by atoms with Gasteiger partial charge < -0.3 is 15.0 Å². The number of benzene rings is 1. The number of carbonyl (C=O) groups is 2. The molecule has 2 amide bonds. The van der Waals surface area contributed by atoms with Crippen LogP contribution in [0.2, 0.25) is 0 Å². The van der Waals surface area contributed by atoms with Crippen LogP contribution in [0.3, 0.4) is 0 Å². The third-order valence-corrected chi connectivity index (χ3v) is 3.87. The van der Waals surface area contributed by atoms with Crippen molar-refractivity contribution in [1.82, 2.24) is 10.2 Å². The number of rotatable bonds is 5. The molecule has 122 valence electrons. The highest BCUT2D eigenvalue weighted by atomic mass is 16.5. The van der Waals surface area contributed by atoms with Gasteiger partial charge in [-0.1, -0.05) is 0 Å². The molecule has 2 rings (SSSR count). The fraction of sp³-hybridized carbons (Fsp3) is 0.471. The van der Waals surface area contributed by atoms with E-state index in [0.29, 0.717) is 30.8 Å². The lowest BCUT2D eigenvalue weighted by Gasteiger charge is -2.31. The zero-order valence-electron chi connectivity index (χ0n) is 13.2. The van der Waals surface area contributed by atoms with E-state index < -0.39 is 0 Å². The number of nitriles is 1. The summed E-state index contributed by atoms with van der Waals surface area (Å²) in [6.07, 6.45) is 1.91. The van der Waals surface area contributed by atoms with Crippen LogP contribution in [0.15, 0.2) is 24.3 Å². The molecule has 1 aromatic rings. The summed E-state index contributed by atoms with van der Waals surface area (Å²) in [5.74, 6) is -0.394. The van der Waals surface area contributed by atoms with Crippen LogP contribution in [0.5, 0.6) is 0 Å². The summed E-state index contributed by atoms with van der Waals surface area (Å²) in [5.41, 5.74) is 0.932. The predicted molar refractivity (Wildman–Crippen MR) is 84.7 cm³/mol. The molecule has 1 fully saturated rings. The smallest absolute Gasteiger partial charge is 0.251 e. The topological polar surface area (TPSA) is 82.4 Å². The highest BCUT2D eigenvalue weighted by Crippen LogP contribution is 2.13. The number of hydrogen-bond donors (Lipinski definition) is 1. The van der Waals surface area contributed by atoms with Gasteiger partial charge >= 0.3 is 0 Å². The van der Waals surface area contributed by atoms with E-state index in [0.717, 1.165) is 12.8 Å². The molecule has 0 saturated carbocycles. The quantitative estimate of drug-likeness (QED) is 0.888. The maximum Gasteiger partial charge on any atom is 0.251 e. The highest BCUT2D eigenvalue weighted by molar-refractivity contribution is 5.96. The molecule has 6 heteroatoms. The minimum Gasteiger partial charge on any atom is -0.378 e. The molecular weight excluding hydrogens is 294 g/mol. The average Bonchev–Trinajstić information content (AvgIpc) is 2.60. The monoisotopic (exact) mass is 315 g/mol. The van der Waals surface area contributed by atoms with E-state index in [1.807, 2.05) is 13.0 Å². The maximum atomic E-state index is 12.1. The van der Waals surface area contributed by atoms with Crippen LogP contribution in [0.25, 0.3) is 0 Å². The lowest BCUT2D eigenvalue weighted by molar-refractivity contribution is -0.132. The third-order valence-electron chi connectivity index (χ3n) is 3.87. The zero-order chi connectivity index (χ0) is 16.7. The first-order valence-corrected chi connectivity index (χ1v) is 7.81. The molecule has 1 aliphatic rings. The van der Waals surface area contributed by atoms with E-state index in [1.54, 1.807) is 29.2 Å². The molecule has 1 aromatic carbocycles. The van der Waals surface area contributed by atoms with Crippen molar-refractivity contribution in [1.29, 1.82) is 5.26 Å². The van der Waals surface area contributed by atoms with Crippen molar-refractivity contribution in [3.63, 3.8) is 0 Å². The van der Waals surface area contributed by atoms with Gasteiger partial charge in [-0.05, 0) is 44.0 Å². The molecule has 23 heavy (non-hydrogen) atoms. The Morgan fingerprint density at radius 1 is 1.30 bits per heavy atom. The van der Waals surface area contributed by atoms with Gasteiger partial charge in [0, 0.05) is 25.3 Å². The van der Waals surface area contributed by atoms with Crippen molar-refractivity contribution in [2.24, 2.45) is 0 Å². The fourth-order valence-electron chi connectivity index (χ4n) is 2.57. The predicted octanol–water partition coefficient (Wildman–Crippen LogP) is 1.32. The van der Waals surface area contributed by atoms with Gasteiger partial charge in [-0.25, -0.2) is 0 Å². The number of ether oxygens (including phenoxy) is 1. The van der Waals surface area contributed by atoms with Crippen LogP contribution < -0.4 is 5.32 Å². The van der Waals surface area contributed by atoms with Gasteiger partial charge in [0.2, 0.25) is 5.91 Å². The van der Waals surface area contributed by atoms with Gasteiger partial charge in [-0.2, -0.15) is 5.26 Å². The summed E-state index contributed by atoms with van der Waals surface area (Å²) in [6, 6.07) is 8.30. The van der Waals surface area contributed by atoms with E-state index in [9.17, 15) is 9.59 Å². The van der Waals surface area contributed by atoms with Gasteiger partial charge in [0.25, 0.3) is 5.91 Å².